The van der Waals surface area contributed by atoms with Gasteiger partial charge in [-0.3, -0.25) is 0 Å². The van der Waals surface area contributed by atoms with Crippen LogP contribution in [0.2, 0.25) is 5.02 Å². The van der Waals surface area contributed by atoms with Gasteiger partial charge in [0.05, 0.1) is 6.04 Å². The van der Waals surface area contributed by atoms with E-state index in [4.69, 9.17) is 11.6 Å². The average Bonchev–Trinajstić information content (AvgIpc) is 2.67. The molecule has 1 aromatic carbocycles. The fraction of sp³-hybridized carbons (Fsp3) is 0.529. The van der Waals surface area contributed by atoms with Crippen molar-refractivity contribution < 1.29 is 0 Å². The van der Waals surface area contributed by atoms with Gasteiger partial charge in [0.15, 0.2) is 0 Å². The largest absolute Gasteiger partial charge is 0.307 e. The van der Waals surface area contributed by atoms with Crippen LogP contribution in [0.3, 0.4) is 0 Å². The number of hydrogen-bond donors (Lipinski definition) is 1. The molecule has 1 aromatic rings. The second-order valence-electron chi connectivity index (χ2n) is 5.47. The predicted molar refractivity (Wildman–Crippen MR) is 91.4 cm³/mol. The summed E-state index contributed by atoms with van der Waals surface area (Å²) in [6.45, 7) is 3.24. The van der Waals surface area contributed by atoms with E-state index in [-0.39, 0.29) is 0 Å². The Morgan fingerprint density at radius 3 is 2.85 bits per heavy atom. The maximum absolute atomic E-state index is 6.22. The summed E-state index contributed by atoms with van der Waals surface area (Å²) in [5.41, 5.74) is 2.80. The standard InChI is InChI=1S/C17H23BrClN/c1-2-9-20-17(13-7-5-3-4-6-8-13)14-10-15(18)12-16(19)11-14/h7,10-12,17,20H,2-6,8-9H2,1H3. The van der Waals surface area contributed by atoms with Gasteiger partial charge in [-0.15, -0.1) is 0 Å². The third-order valence-corrected chi connectivity index (χ3v) is 4.44. The van der Waals surface area contributed by atoms with E-state index in [1.807, 2.05) is 6.07 Å². The fourth-order valence-electron chi connectivity index (χ4n) is 2.80. The van der Waals surface area contributed by atoms with Gasteiger partial charge in [-0.2, -0.15) is 0 Å². The lowest BCUT2D eigenvalue weighted by atomic mass is 9.95. The van der Waals surface area contributed by atoms with Crippen molar-refractivity contribution in [1.29, 1.82) is 0 Å². The lowest BCUT2D eigenvalue weighted by Crippen LogP contribution is -2.24. The molecule has 1 N–H and O–H groups in total. The first-order chi connectivity index (χ1) is 9.70. The van der Waals surface area contributed by atoms with E-state index < -0.39 is 0 Å². The molecule has 0 heterocycles. The van der Waals surface area contributed by atoms with E-state index in [9.17, 15) is 0 Å². The van der Waals surface area contributed by atoms with E-state index in [1.165, 1.54) is 43.2 Å². The van der Waals surface area contributed by atoms with Crippen molar-refractivity contribution in [2.45, 2.75) is 51.5 Å². The van der Waals surface area contributed by atoms with Gasteiger partial charge in [0, 0.05) is 9.50 Å². The van der Waals surface area contributed by atoms with Gasteiger partial charge in [-0.05, 0) is 62.4 Å². The molecule has 0 aromatic heterocycles. The molecular formula is C17H23BrClN. The van der Waals surface area contributed by atoms with Gasteiger partial charge in [0.25, 0.3) is 0 Å². The summed E-state index contributed by atoms with van der Waals surface area (Å²) in [6, 6.07) is 6.53. The Kier molecular flexibility index (Phi) is 6.60. The molecular weight excluding hydrogens is 334 g/mol. The number of allylic oxidation sites excluding steroid dienone is 1. The Morgan fingerprint density at radius 2 is 2.10 bits per heavy atom. The molecule has 0 aliphatic heterocycles. The molecule has 0 bridgehead atoms. The van der Waals surface area contributed by atoms with Gasteiger partial charge < -0.3 is 5.32 Å². The van der Waals surface area contributed by atoms with Crippen molar-refractivity contribution >= 4 is 27.5 Å². The lowest BCUT2D eigenvalue weighted by molar-refractivity contribution is 0.567. The minimum absolute atomic E-state index is 0.308. The molecule has 0 radical (unpaired) electrons. The molecule has 0 spiro atoms. The van der Waals surface area contributed by atoms with Crippen LogP contribution in [-0.4, -0.2) is 6.54 Å². The Labute approximate surface area is 135 Å². The topological polar surface area (TPSA) is 12.0 Å². The highest BCUT2D eigenvalue weighted by Gasteiger charge is 2.17. The highest BCUT2D eigenvalue weighted by molar-refractivity contribution is 9.10. The zero-order valence-corrected chi connectivity index (χ0v) is 14.4. The van der Waals surface area contributed by atoms with Crippen LogP contribution in [0.5, 0.6) is 0 Å². The van der Waals surface area contributed by atoms with Crippen LogP contribution >= 0.6 is 27.5 Å². The monoisotopic (exact) mass is 355 g/mol. The minimum atomic E-state index is 0.308. The van der Waals surface area contributed by atoms with Crippen LogP contribution in [0.1, 0.15) is 57.1 Å². The fourth-order valence-corrected chi connectivity index (χ4v) is 3.68. The Morgan fingerprint density at radius 1 is 1.25 bits per heavy atom. The number of rotatable bonds is 5. The van der Waals surface area contributed by atoms with Crippen molar-refractivity contribution in [1.82, 2.24) is 5.32 Å². The SMILES string of the molecule is CCCNC(C1=CCCCCC1)c1cc(Cl)cc(Br)c1. The number of halogens is 2. The summed E-state index contributed by atoms with van der Waals surface area (Å²) in [4.78, 5) is 0. The summed E-state index contributed by atoms with van der Waals surface area (Å²) in [5.74, 6) is 0. The van der Waals surface area contributed by atoms with Crippen LogP contribution in [0.15, 0.2) is 34.3 Å². The van der Waals surface area contributed by atoms with Crippen LogP contribution in [0, 0.1) is 0 Å². The lowest BCUT2D eigenvalue weighted by Gasteiger charge is -2.23. The third kappa shape index (κ3) is 4.61. The first-order valence-electron chi connectivity index (χ1n) is 7.59. The highest BCUT2D eigenvalue weighted by Crippen LogP contribution is 2.32. The first kappa shape index (κ1) is 16.1. The highest BCUT2D eigenvalue weighted by atomic mass is 79.9. The van der Waals surface area contributed by atoms with Crippen LogP contribution < -0.4 is 5.32 Å². The van der Waals surface area contributed by atoms with Gasteiger partial charge in [-0.25, -0.2) is 0 Å². The van der Waals surface area contributed by atoms with Crippen molar-refractivity contribution in [2.75, 3.05) is 6.54 Å². The molecule has 0 saturated heterocycles. The summed E-state index contributed by atoms with van der Waals surface area (Å²) in [7, 11) is 0. The summed E-state index contributed by atoms with van der Waals surface area (Å²) in [6.07, 6.45) is 9.97. The van der Waals surface area contributed by atoms with E-state index in [2.05, 4.69) is 46.4 Å². The maximum Gasteiger partial charge on any atom is 0.0536 e. The van der Waals surface area contributed by atoms with E-state index in [0.29, 0.717) is 6.04 Å². The molecule has 110 valence electrons. The summed E-state index contributed by atoms with van der Waals surface area (Å²) in [5, 5.41) is 4.49. The molecule has 1 nitrogen and oxygen atoms in total. The molecule has 3 heteroatoms. The number of hydrogen-bond acceptors (Lipinski definition) is 1. The van der Waals surface area contributed by atoms with E-state index in [1.54, 1.807) is 0 Å². The van der Waals surface area contributed by atoms with E-state index in [0.717, 1.165) is 22.5 Å². The summed E-state index contributed by atoms with van der Waals surface area (Å²) >= 11 is 9.78. The van der Waals surface area contributed by atoms with Gasteiger partial charge in [0.1, 0.15) is 0 Å². The first-order valence-corrected chi connectivity index (χ1v) is 8.76. The second-order valence-corrected chi connectivity index (χ2v) is 6.82. The molecule has 0 saturated carbocycles. The van der Waals surface area contributed by atoms with Crippen LogP contribution in [0.4, 0.5) is 0 Å². The minimum Gasteiger partial charge on any atom is -0.307 e. The second kappa shape index (κ2) is 8.21. The molecule has 20 heavy (non-hydrogen) atoms. The van der Waals surface area contributed by atoms with Crippen molar-refractivity contribution in [3.05, 3.63) is 44.9 Å². The van der Waals surface area contributed by atoms with Crippen molar-refractivity contribution in [2.24, 2.45) is 0 Å². The van der Waals surface area contributed by atoms with E-state index >= 15 is 0 Å². The summed E-state index contributed by atoms with van der Waals surface area (Å²) < 4.78 is 1.05. The number of benzene rings is 1. The molecule has 1 aliphatic rings. The zero-order chi connectivity index (χ0) is 14.4. The molecule has 1 unspecified atom stereocenters. The molecule has 1 atom stereocenters. The van der Waals surface area contributed by atoms with Crippen molar-refractivity contribution in [3.8, 4) is 0 Å². The van der Waals surface area contributed by atoms with Gasteiger partial charge in [-0.1, -0.05) is 52.5 Å². The molecule has 0 fully saturated rings. The molecule has 2 rings (SSSR count). The quantitative estimate of drug-likeness (QED) is 0.635. The normalized spacial score (nSPS) is 17.4. The molecule has 1 aliphatic carbocycles. The van der Waals surface area contributed by atoms with Gasteiger partial charge in [0.2, 0.25) is 0 Å². The third-order valence-electron chi connectivity index (χ3n) is 3.76. The number of nitrogens with one attached hydrogen (secondary N) is 1. The smallest absolute Gasteiger partial charge is 0.0536 e. The molecule has 0 amide bonds. The maximum atomic E-state index is 6.22. The van der Waals surface area contributed by atoms with Crippen LogP contribution in [0.25, 0.3) is 0 Å². The Bertz CT molecular complexity index is 450. The Hall–Kier alpha value is -0.310. The average molecular weight is 357 g/mol. The van der Waals surface area contributed by atoms with Crippen LogP contribution in [-0.2, 0) is 0 Å². The Balaban J connectivity index is 2.27. The predicted octanol–water partition coefficient (Wildman–Crippen LogP) is 6.03. The van der Waals surface area contributed by atoms with Gasteiger partial charge >= 0.3 is 0 Å². The van der Waals surface area contributed by atoms with Crippen molar-refractivity contribution in [3.63, 3.8) is 0 Å². The zero-order valence-electron chi connectivity index (χ0n) is 12.1.